The van der Waals surface area contributed by atoms with Gasteiger partial charge in [0, 0.05) is 0 Å². The molecule has 0 N–H and O–H groups in total. The minimum Gasteiger partial charge on any atom is -0.431 e. The van der Waals surface area contributed by atoms with Crippen molar-refractivity contribution in [2.75, 3.05) is 0 Å². The fraction of sp³-hybridized carbons (Fsp3) is 0.667. The zero-order valence-electron chi connectivity index (χ0n) is 6.71. The lowest BCUT2D eigenvalue weighted by Crippen LogP contribution is -2.13. The van der Waals surface area contributed by atoms with Crippen LogP contribution in [0.4, 0.5) is 0 Å². The van der Waals surface area contributed by atoms with Crippen LogP contribution in [-0.2, 0) is 19.1 Å². The highest BCUT2D eigenvalue weighted by molar-refractivity contribution is 6.43. The van der Waals surface area contributed by atoms with Crippen LogP contribution < -0.4 is 0 Å². The maximum absolute atomic E-state index is 10.8. The van der Waals surface area contributed by atoms with Crippen LogP contribution in [0.15, 0.2) is 0 Å². The largest absolute Gasteiger partial charge is 0.431 e. The van der Waals surface area contributed by atoms with E-state index in [4.69, 9.17) is 46.4 Å². The average Bonchev–Trinajstić information content (AvgIpc) is 1.98. The Balaban J connectivity index is 3.61. The van der Waals surface area contributed by atoms with E-state index in [0.717, 1.165) is 0 Å². The van der Waals surface area contributed by atoms with Gasteiger partial charge in [-0.15, -0.1) is 0 Å². The zero-order chi connectivity index (χ0) is 11.1. The molecule has 0 saturated carbocycles. The van der Waals surface area contributed by atoms with E-state index < -0.39 is 22.0 Å². The van der Waals surface area contributed by atoms with Crippen molar-refractivity contribution in [1.82, 2.24) is 0 Å². The molecule has 4 nitrogen and oxygen atoms in total. The third kappa shape index (κ3) is 8.69. The normalized spacial score (nSPS) is 10.4. The van der Waals surface area contributed by atoms with E-state index in [9.17, 15) is 9.59 Å². The summed E-state index contributed by atoms with van der Waals surface area (Å²) < 4.78 is 8.65. The van der Waals surface area contributed by atoms with E-state index in [1.807, 2.05) is 0 Å². The molecule has 0 aliphatic heterocycles. The van der Waals surface area contributed by atoms with Gasteiger partial charge in [-0.05, 0) is 0 Å². The number of hydrogen-bond donors (Lipinski definition) is 0. The van der Waals surface area contributed by atoms with E-state index in [0.29, 0.717) is 0 Å². The smallest absolute Gasteiger partial charge is 0.308 e. The molecule has 0 rings (SSSR count). The van der Waals surface area contributed by atoms with Gasteiger partial charge in [-0.1, -0.05) is 46.4 Å². The summed E-state index contributed by atoms with van der Waals surface area (Å²) >= 11 is 20.5. The van der Waals surface area contributed by atoms with Crippen molar-refractivity contribution in [3.05, 3.63) is 0 Å². The van der Waals surface area contributed by atoms with E-state index in [2.05, 4.69) is 9.47 Å². The number of esters is 2. The number of ether oxygens (including phenoxy) is 2. The molecule has 0 fully saturated rings. The van der Waals surface area contributed by atoms with Crippen molar-refractivity contribution in [1.29, 1.82) is 0 Å². The quantitative estimate of drug-likeness (QED) is 0.574. The lowest BCUT2D eigenvalue weighted by molar-refractivity contribution is -0.149. The van der Waals surface area contributed by atoms with Gasteiger partial charge in [-0.3, -0.25) is 9.59 Å². The summed E-state index contributed by atoms with van der Waals surface area (Å²) in [6.45, 7) is 0. The number of rotatable bonds is 5. The first-order valence-electron chi connectivity index (χ1n) is 3.37. The van der Waals surface area contributed by atoms with Gasteiger partial charge in [0.2, 0.25) is 0 Å². The summed E-state index contributed by atoms with van der Waals surface area (Å²) in [4.78, 5) is 21.6. The topological polar surface area (TPSA) is 52.6 Å². The minimum absolute atomic E-state index is 0.199. The predicted octanol–water partition coefficient (Wildman–Crippen LogP) is 2.38. The number of carbonyl (C=O) groups is 2. The molecule has 0 bridgehead atoms. The van der Waals surface area contributed by atoms with Gasteiger partial charge in [-0.2, -0.15) is 0 Å². The number of hydrogen-bond acceptors (Lipinski definition) is 4. The second kappa shape index (κ2) is 7.40. The third-order valence-corrected chi connectivity index (χ3v) is 1.33. The molecule has 0 saturated heterocycles. The predicted molar refractivity (Wildman–Crippen MR) is 52.4 cm³/mol. The second-order valence-electron chi connectivity index (χ2n) is 2.00. The Kier molecular flexibility index (Phi) is 7.45. The monoisotopic (exact) mass is 282 g/mol. The number of carbonyl (C=O) groups excluding carboxylic acids is 2. The first-order valence-corrected chi connectivity index (χ1v) is 5.11. The van der Waals surface area contributed by atoms with Crippen molar-refractivity contribution in [3.63, 3.8) is 0 Å². The summed E-state index contributed by atoms with van der Waals surface area (Å²) in [5.74, 6) is -1.42. The van der Waals surface area contributed by atoms with Gasteiger partial charge in [-0.25, -0.2) is 0 Å². The van der Waals surface area contributed by atoms with Gasteiger partial charge in [0.25, 0.3) is 10.0 Å². The zero-order valence-corrected chi connectivity index (χ0v) is 9.74. The summed E-state index contributed by atoms with van der Waals surface area (Å²) in [5, 5.41) is -2.49. The SMILES string of the molecule is O=C(CCC(=O)OC(Cl)Cl)OC(Cl)Cl. The maximum Gasteiger partial charge on any atom is 0.308 e. The fourth-order valence-electron chi connectivity index (χ4n) is 0.521. The van der Waals surface area contributed by atoms with Gasteiger partial charge in [0.1, 0.15) is 0 Å². The molecule has 0 aromatic rings. The van der Waals surface area contributed by atoms with Gasteiger partial charge in [0.05, 0.1) is 12.8 Å². The van der Waals surface area contributed by atoms with Crippen LogP contribution in [0.25, 0.3) is 0 Å². The average molecular weight is 284 g/mol. The molecule has 82 valence electrons. The molecule has 0 spiro atoms. The van der Waals surface area contributed by atoms with Crippen molar-refractivity contribution in [3.8, 4) is 0 Å². The molecule has 0 aromatic heterocycles. The van der Waals surface area contributed by atoms with E-state index in [1.54, 1.807) is 0 Å². The summed E-state index contributed by atoms with van der Waals surface area (Å²) in [6, 6.07) is 0. The Morgan fingerprint density at radius 2 is 1.14 bits per heavy atom. The molecular formula is C6H6Cl4O4. The van der Waals surface area contributed by atoms with Gasteiger partial charge >= 0.3 is 11.9 Å². The molecule has 0 unspecified atom stereocenters. The van der Waals surface area contributed by atoms with Crippen molar-refractivity contribution >= 4 is 58.3 Å². The first-order chi connectivity index (χ1) is 6.41. The van der Waals surface area contributed by atoms with Crippen LogP contribution in [0.2, 0.25) is 0 Å². The van der Waals surface area contributed by atoms with Crippen LogP contribution in [-0.4, -0.2) is 22.0 Å². The van der Waals surface area contributed by atoms with Crippen LogP contribution in [0.3, 0.4) is 0 Å². The molecular weight excluding hydrogens is 278 g/mol. The molecule has 0 aromatic carbocycles. The summed E-state index contributed by atoms with van der Waals surface area (Å²) in [7, 11) is 0. The van der Waals surface area contributed by atoms with Gasteiger partial charge in [0.15, 0.2) is 0 Å². The Morgan fingerprint density at radius 3 is 1.36 bits per heavy atom. The maximum atomic E-state index is 10.8. The molecule has 0 radical (unpaired) electrons. The summed E-state index contributed by atoms with van der Waals surface area (Å²) in [5.41, 5.74) is 0. The van der Waals surface area contributed by atoms with Gasteiger partial charge < -0.3 is 9.47 Å². The van der Waals surface area contributed by atoms with Crippen LogP contribution >= 0.6 is 46.4 Å². The first kappa shape index (κ1) is 14.1. The van der Waals surface area contributed by atoms with Crippen molar-refractivity contribution in [2.45, 2.75) is 22.9 Å². The van der Waals surface area contributed by atoms with Crippen LogP contribution in [0, 0.1) is 0 Å². The van der Waals surface area contributed by atoms with Crippen LogP contribution in [0.1, 0.15) is 12.8 Å². The molecule has 0 amide bonds. The second-order valence-corrected chi connectivity index (χ2v) is 4.03. The van der Waals surface area contributed by atoms with E-state index in [1.165, 1.54) is 0 Å². The summed E-state index contributed by atoms with van der Waals surface area (Å²) in [6.07, 6.45) is -0.398. The Hall–Kier alpha value is 0.1000. The highest BCUT2D eigenvalue weighted by Gasteiger charge is 2.13. The van der Waals surface area contributed by atoms with Crippen molar-refractivity contribution < 1.29 is 19.1 Å². The van der Waals surface area contributed by atoms with Crippen molar-refractivity contribution in [2.24, 2.45) is 0 Å². The molecule has 0 atom stereocenters. The molecule has 14 heavy (non-hydrogen) atoms. The molecule has 0 heterocycles. The molecule has 0 aliphatic rings. The Bertz CT molecular complexity index is 184. The van der Waals surface area contributed by atoms with E-state index >= 15 is 0 Å². The Morgan fingerprint density at radius 1 is 0.857 bits per heavy atom. The lowest BCUT2D eigenvalue weighted by Gasteiger charge is -2.05. The third-order valence-electron chi connectivity index (χ3n) is 0.974. The van der Waals surface area contributed by atoms with E-state index in [-0.39, 0.29) is 12.8 Å². The fourth-order valence-corrected chi connectivity index (χ4v) is 0.918. The standard InChI is InChI=1S/C6H6Cl4O4/c7-5(8)13-3(11)1-2-4(12)14-6(9)10/h5-6H,1-2H2. The lowest BCUT2D eigenvalue weighted by atomic mass is 10.3. The highest BCUT2D eigenvalue weighted by Crippen LogP contribution is 2.08. The number of halogens is 4. The Labute approximate surface area is 100 Å². The minimum atomic E-state index is -1.24. The highest BCUT2D eigenvalue weighted by atomic mass is 35.5. The number of alkyl halides is 4. The van der Waals surface area contributed by atoms with Crippen LogP contribution in [0.5, 0.6) is 0 Å². The molecule has 0 aliphatic carbocycles. The molecule has 8 heteroatoms.